The highest BCUT2D eigenvalue weighted by molar-refractivity contribution is 8.01. The molecule has 146 valence electrons. The number of rotatable bonds is 5. The molecule has 0 aliphatic carbocycles. The quantitative estimate of drug-likeness (QED) is 0.441. The minimum atomic E-state index is -0.445. The van der Waals surface area contributed by atoms with Crippen LogP contribution in [-0.2, 0) is 0 Å². The van der Waals surface area contributed by atoms with Crippen molar-refractivity contribution in [1.29, 1.82) is 0 Å². The van der Waals surface area contributed by atoms with Crippen molar-refractivity contribution in [3.05, 3.63) is 69.7 Å². The molecule has 2 aromatic heterocycles. The van der Waals surface area contributed by atoms with E-state index in [4.69, 9.17) is 23.2 Å². The Morgan fingerprint density at radius 1 is 1.17 bits per heavy atom. The second-order valence-electron chi connectivity index (χ2n) is 5.75. The summed E-state index contributed by atoms with van der Waals surface area (Å²) in [6, 6.07) is 12.5. The molecule has 11 heteroatoms. The lowest BCUT2D eigenvalue weighted by Crippen LogP contribution is -2.14. The molecular weight excluding hydrogens is 451 g/mol. The zero-order valence-electron chi connectivity index (χ0n) is 14.8. The van der Waals surface area contributed by atoms with Gasteiger partial charge >= 0.3 is 0 Å². The molecule has 0 atom stereocenters. The third-order valence-electron chi connectivity index (χ3n) is 3.78. The fraction of sp³-hybridized carbons (Fsp3) is 0.0556. The van der Waals surface area contributed by atoms with E-state index in [0.717, 1.165) is 9.24 Å². The number of aromatic nitrogens is 5. The van der Waals surface area contributed by atoms with Crippen LogP contribution in [0.15, 0.2) is 57.2 Å². The maximum absolute atomic E-state index is 12.6. The first-order chi connectivity index (χ1) is 14.0. The van der Waals surface area contributed by atoms with Crippen molar-refractivity contribution in [3.63, 3.8) is 0 Å². The van der Waals surface area contributed by atoms with Gasteiger partial charge in [-0.1, -0.05) is 58.4 Å². The van der Waals surface area contributed by atoms with E-state index >= 15 is 0 Å². The normalized spacial score (nSPS) is 10.9. The van der Waals surface area contributed by atoms with E-state index in [-0.39, 0.29) is 5.82 Å². The summed E-state index contributed by atoms with van der Waals surface area (Å²) in [4.78, 5) is 17.7. The van der Waals surface area contributed by atoms with Crippen molar-refractivity contribution in [3.8, 4) is 5.69 Å². The number of carbonyl (C=O) groups excluding carboxylic acids is 1. The molecule has 2 heterocycles. The number of benzene rings is 2. The molecule has 1 N–H and O–H groups in total. The summed E-state index contributed by atoms with van der Waals surface area (Å²) in [6.07, 6.45) is 0. The van der Waals surface area contributed by atoms with Crippen LogP contribution in [0.5, 0.6) is 0 Å². The van der Waals surface area contributed by atoms with E-state index in [0.29, 0.717) is 27.2 Å². The third kappa shape index (κ3) is 4.43. The lowest BCUT2D eigenvalue weighted by Gasteiger charge is -2.06. The van der Waals surface area contributed by atoms with Crippen molar-refractivity contribution < 1.29 is 4.79 Å². The van der Waals surface area contributed by atoms with Crippen molar-refractivity contribution in [2.45, 2.75) is 16.2 Å². The first-order valence-corrected chi connectivity index (χ1v) is 10.7. The lowest BCUT2D eigenvalue weighted by atomic mass is 10.3. The van der Waals surface area contributed by atoms with Crippen LogP contribution in [-0.4, -0.2) is 30.9 Å². The maximum Gasteiger partial charge on any atom is 0.295 e. The number of aryl methyl sites for hydroxylation is 1. The maximum atomic E-state index is 12.6. The Morgan fingerprint density at radius 3 is 2.72 bits per heavy atom. The minimum absolute atomic E-state index is 0.0332. The van der Waals surface area contributed by atoms with Gasteiger partial charge in [0, 0.05) is 10.6 Å². The van der Waals surface area contributed by atoms with Crippen molar-refractivity contribution in [1.82, 2.24) is 25.0 Å². The fourth-order valence-corrected chi connectivity index (χ4v) is 4.44. The Bertz CT molecular complexity index is 1180. The number of nitrogens with zero attached hydrogens (tertiary/aromatic N) is 5. The Morgan fingerprint density at radius 2 is 2.00 bits per heavy atom. The van der Waals surface area contributed by atoms with Gasteiger partial charge in [-0.3, -0.25) is 4.79 Å². The summed E-state index contributed by atoms with van der Waals surface area (Å²) >= 11 is 15.4. The molecule has 0 radical (unpaired) electrons. The van der Waals surface area contributed by atoms with Crippen molar-refractivity contribution in [2.75, 3.05) is 5.32 Å². The first kappa shape index (κ1) is 19.8. The summed E-state index contributed by atoms with van der Waals surface area (Å²) in [7, 11) is 0. The molecule has 2 aromatic carbocycles. The number of carbonyl (C=O) groups is 1. The highest BCUT2D eigenvalue weighted by Crippen LogP contribution is 2.35. The van der Waals surface area contributed by atoms with Crippen molar-refractivity contribution in [2.24, 2.45) is 0 Å². The molecule has 0 unspecified atom stereocenters. The van der Waals surface area contributed by atoms with Crippen LogP contribution in [0.2, 0.25) is 10.0 Å². The van der Waals surface area contributed by atoms with Gasteiger partial charge in [0.25, 0.3) is 5.91 Å². The average molecular weight is 463 g/mol. The number of para-hydroxylation sites is 1. The molecule has 4 aromatic rings. The van der Waals surface area contributed by atoms with Crippen molar-refractivity contribution >= 4 is 57.9 Å². The summed E-state index contributed by atoms with van der Waals surface area (Å²) in [6.45, 7) is 1.75. The summed E-state index contributed by atoms with van der Waals surface area (Å²) in [5.41, 5.74) is 2.84. The van der Waals surface area contributed by atoms with Gasteiger partial charge < -0.3 is 5.32 Å². The fourth-order valence-electron chi connectivity index (χ4n) is 2.49. The van der Waals surface area contributed by atoms with Crippen LogP contribution in [0.4, 0.5) is 5.69 Å². The topological polar surface area (TPSA) is 85.6 Å². The van der Waals surface area contributed by atoms with Gasteiger partial charge in [-0.15, -0.1) is 15.3 Å². The van der Waals surface area contributed by atoms with Gasteiger partial charge in [0.05, 0.1) is 15.7 Å². The van der Waals surface area contributed by atoms with E-state index in [1.807, 2.05) is 18.2 Å². The molecule has 0 aliphatic heterocycles. The third-order valence-corrected chi connectivity index (χ3v) is 6.38. The van der Waals surface area contributed by atoms with E-state index in [1.165, 1.54) is 27.8 Å². The summed E-state index contributed by atoms with van der Waals surface area (Å²) in [5, 5.41) is 15.8. The predicted octanol–water partition coefficient (Wildman–Crippen LogP) is 5.14. The van der Waals surface area contributed by atoms with Crippen LogP contribution in [0.3, 0.4) is 0 Å². The van der Waals surface area contributed by atoms with E-state index < -0.39 is 5.91 Å². The number of anilines is 1. The first-order valence-electron chi connectivity index (χ1n) is 8.25. The number of halogens is 2. The van der Waals surface area contributed by atoms with Crippen LogP contribution in [0.1, 0.15) is 16.4 Å². The SMILES string of the molecule is Cc1nc(C(=O)Nc2ccc(Sc3nncs3)c(Cl)c2)nn1-c1ccccc1Cl. The molecule has 29 heavy (non-hydrogen) atoms. The number of hydrogen-bond donors (Lipinski definition) is 1. The molecule has 0 aliphatic rings. The summed E-state index contributed by atoms with van der Waals surface area (Å²) in [5.74, 6) is 0.135. The van der Waals surface area contributed by atoms with E-state index in [9.17, 15) is 4.79 Å². The predicted molar refractivity (Wildman–Crippen MR) is 115 cm³/mol. The van der Waals surface area contributed by atoms with Crippen LogP contribution < -0.4 is 5.32 Å². The van der Waals surface area contributed by atoms with Crippen LogP contribution >= 0.6 is 46.3 Å². The van der Waals surface area contributed by atoms with E-state index in [1.54, 1.807) is 36.7 Å². The number of hydrogen-bond acceptors (Lipinski definition) is 7. The highest BCUT2D eigenvalue weighted by atomic mass is 35.5. The van der Waals surface area contributed by atoms with Gasteiger partial charge in [-0.05, 0) is 37.3 Å². The number of nitrogens with one attached hydrogen (secondary N) is 1. The second kappa shape index (κ2) is 8.50. The molecule has 0 fully saturated rings. The Hall–Kier alpha value is -2.46. The molecule has 0 spiro atoms. The second-order valence-corrected chi connectivity index (χ2v) is 8.69. The zero-order chi connectivity index (χ0) is 20.4. The molecular formula is C18H12Cl2N6OS2. The largest absolute Gasteiger partial charge is 0.319 e. The standard InChI is InChI=1S/C18H12Cl2N6OS2/c1-10-22-16(25-26(10)14-5-3-2-4-12(14)19)17(27)23-11-6-7-15(13(20)8-11)29-18-24-21-9-28-18/h2-9H,1H3,(H,23,27). The van der Waals surface area contributed by atoms with Gasteiger partial charge in [0.15, 0.2) is 4.34 Å². The van der Waals surface area contributed by atoms with Gasteiger partial charge in [-0.25, -0.2) is 9.67 Å². The molecule has 0 saturated heterocycles. The molecule has 7 nitrogen and oxygen atoms in total. The van der Waals surface area contributed by atoms with E-state index in [2.05, 4.69) is 25.6 Å². The Kier molecular flexibility index (Phi) is 5.81. The average Bonchev–Trinajstić information content (AvgIpc) is 3.34. The van der Waals surface area contributed by atoms with Crippen LogP contribution in [0, 0.1) is 6.92 Å². The lowest BCUT2D eigenvalue weighted by molar-refractivity contribution is 0.101. The zero-order valence-corrected chi connectivity index (χ0v) is 18.0. The molecule has 1 amide bonds. The van der Waals surface area contributed by atoms with Gasteiger partial charge in [-0.2, -0.15) is 0 Å². The van der Waals surface area contributed by atoms with Crippen LogP contribution in [0.25, 0.3) is 5.69 Å². The molecule has 0 saturated carbocycles. The molecule has 0 bridgehead atoms. The Balaban J connectivity index is 1.52. The molecule has 4 rings (SSSR count). The summed E-state index contributed by atoms with van der Waals surface area (Å²) < 4.78 is 2.32. The Labute approximate surface area is 184 Å². The minimum Gasteiger partial charge on any atom is -0.319 e. The monoisotopic (exact) mass is 462 g/mol. The number of amides is 1. The van der Waals surface area contributed by atoms with Gasteiger partial charge in [0.1, 0.15) is 11.3 Å². The highest BCUT2D eigenvalue weighted by Gasteiger charge is 2.17. The van der Waals surface area contributed by atoms with Gasteiger partial charge in [0.2, 0.25) is 5.82 Å². The smallest absolute Gasteiger partial charge is 0.295 e.